The minimum Gasteiger partial charge on any atom is -0.493 e. The summed E-state index contributed by atoms with van der Waals surface area (Å²) in [4.78, 5) is 17.3. The summed E-state index contributed by atoms with van der Waals surface area (Å²) in [5, 5.41) is 23.7. The number of aliphatic hydroxyl groups is 2. The van der Waals surface area contributed by atoms with Crippen LogP contribution in [-0.2, 0) is 5.60 Å². The van der Waals surface area contributed by atoms with Gasteiger partial charge in [0.15, 0.2) is 17.3 Å². The maximum absolute atomic E-state index is 14.5. The SMILES string of the molecule is COc1cc(C(=O)CCC(O)(c2cc(C3CNC3)cc(-c3ccc(C)cc3)n2)C(F)(F)F)ccc1OC[C@@H](C)O. The molecule has 0 radical (unpaired) electrons. The number of nitrogens with zero attached hydrogens (tertiary/aromatic N) is 1. The van der Waals surface area contributed by atoms with Crippen LogP contribution in [0.15, 0.2) is 54.6 Å². The third-order valence-electron chi connectivity index (χ3n) is 7.02. The zero-order valence-electron chi connectivity index (χ0n) is 22.6. The first-order valence-electron chi connectivity index (χ1n) is 13.0. The monoisotopic (exact) mass is 558 g/mol. The van der Waals surface area contributed by atoms with E-state index in [0.717, 1.165) is 5.56 Å². The molecule has 3 N–H and O–H groups in total. The quantitative estimate of drug-likeness (QED) is 0.287. The Balaban J connectivity index is 1.64. The van der Waals surface area contributed by atoms with E-state index in [4.69, 9.17) is 9.47 Å². The van der Waals surface area contributed by atoms with Gasteiger partial charge in [-0.3, -0.25) is 4.79 Å². The fraction of sp³-hybridized carbons (Fsp3) is 0.400. The van der Waals surface area contributed by atoms with Crippen molar-refractivity contribution in [2.75, 3.05) is 26.8 Å². The number of hydrogen-bond acceptors (Lipinski definition) is 7. The highest BCUT2D eigenvalue weighted by Crippen LogP contribution is 2.43. The molecule has 10 heteroatoms. The van der Waals surface area contributed by atoms with Crippen LogP contribution in [0.3, 0.4) is 0 Å². The number of methoxy groups -OCH3 is 1. The summed E-state index contributed by atoms with van der Waals surface area (Å²) in [5.41, 5.74) is -1.18. The molecule has 0 aliphatic carbocycles. The van der Waals surface area contributed by atoms with Gasteiger partial charge in [-0.05, 0) is 56.2 Å². The number of aliphatic hydroxyl groups excluding tert-OH is 1. The first-order chi connectivity index (χ1) is 18.9. The third-order valence-corrected chi connectivity index (χ3v) is 7.02. The average molecular weight is 559 g/mol. The van der Waals surface area contributed by atoms with Gasteiger partial charge in [-0.2, -0.15) is 13.2 Å². The van der Waals surface area contributed by atoms with Crippen molar-refractivity contribution >= 4 is 5.78 Å². The molecule has 3 aromatic rings. The van der Waals surface area contributed by atoms with Crippen LogP contribution >= 0.6 is 0 Å². The number of benzene rings is 2. The zero-order valence-corrected chi connectivity index (χ0v) is 22.6. The number of rotatable bonds is 11. The van der Waals surface area contributed by atoms with Crippen LogP contribution in [0.4, 0.5) is 13.2 Å². The predicted molar refractivity (Wildman–Crippen MR) is 144 cm³/mol. The van der Waals surface area contributed by atoms with E-state index < -0.39 is 42.2 Å². The van der Waals surface area contributed by atoms with E-state index in [9.17, 15) is 28.2 Å². The normalized spacial score (nSPS) is 16.1. The van der Waals surface area contributed by atoms with Crippen LogP contribution in [0.5, 0.6) is 11.5 Å². The number of aryl methyl sites for hydroxylation is 1. The van der Waals surface area contributed by atoms with E-state index in [1.165, 1.54) is 31.4 Å². The molecule has 214 valence electrons. The van der Waals surface area contributed by atoms with E-state index in [-0.39, 0.29) is 29.6 Å². The average Bonchev–Trinajstić information content (AvgIpc) is 2.88. The van der Waals surface area contributed by atoms with Crippen molar-refractivity contribution in [1.29, 1.82) is 0 Å². The molecule has 40 heavy (non-hydrogen) atoms. The van der Waals surface area contributed by atoms with Crippen molar-refractivity contribution in [1.82, 2.24) is 10.3 Å². The molecule has 1 aromatic heterocycles. The van der Waals surface area contributed by atoms with Crippen molar-refractivity contribution in [3.63, 3.8) is 0 Å². The minimum atomic E-state index is -5.09. The van der Waals surface area contributed by atoms with Gasteiger partial charge in [0.1, 0.15) is 6.61 Å². The predicted octanol–water partition coefficient (Wildman–Crippen LogP) is 4.93. The molecule has 1 saturated heterocycles. The van der Waals surface area contributed by atoms with Crippen LogP contribution < -0.4 is 14.8 Å². The number of ether oxygens (including phenoxy) is 2. The number of aromatic nitrogens is 1. The van der Waals surface area contributed by atoms with Gasteiger partial charge >= 0.3 is 6.18 Å². The fourth-order valence-corrected chi connectivity index (χ4v) is 4.42. The Morgan fingerprint density at radius 2 is 1.80 bits per heavy atom. The maximum Gasteiger partial charge on any atom is 0.422 e. The van der Waals surface area contributed by atoms with Crippen molar-refractivity contribution in [2.24, 2.45) is 0 Å². The molecule has 1 aliphatic rings. The Morgan fingerprint density at radius 1 is 1.10 bits per heavy atom. The van der Waals surface area contributed by atoms with Gasteiger partial charge < -0.3 is 25.0 Å². The Kier molecular flexibility index (Phi) is 8.82. The lowest BCUT2D eigenvalue weighted by atomic mass is 9.86. The van der Waals surface area contributed by atoms with Gasteiger partial charge in [-0.25, -0.2) is 4.98 Å². The lowest BCUT2D eigenvalue weighted by Crippen LogP contribution is -2.44. The second-order valence-electron chi connectivity index (χ2n) is 10.2. The third kappa shape index (κ3) is 6.46. The second-order valence-corrected chi connectivity index (χ2v) is 10.2. The van der Waals surface area contributed by atoms with E-state index in [2.05, 4.69) is 10.3 Å². The van der Waals surface area contributed by atoms with Crippen molar-refractivity contribution < 1.29 is 37.7 Å². The summed E-state index contributed by atoms with van der Waals surface area (Å²) in [6, 6.07) is 14.5. The molecule has 1 fully saturated rings. The van der Waals surface area contributed by atoms with Crippen LogP contribution in [0, 0.1) is 6.92 Å². The van der Waals surface area contributed by atoms with Gasteiger partial charge in [0.2, 0.25) is 5.60 Å². The summed E-state index contributed by atoms with van der Waals surface area (Å²) < 4.78 is 54.2. The summed E-state index contributed by atoms with van der Waals surface area (Å²) >= 11 is 0. The standard InChI is InChI=1S/C30H33F3N2O5/c1-18-4-6-20(7-5-18)24-12-22(23-15-34-16-23)14-28(35-24)29(38,30(31,32)33)11-10-25(37)21-8-9-26(27(13-21)39-3)40-17-19(2)36/h4-9,12-14,19,23,34,36,38H,10-11,15-17H2,1-3H3/t19-,29?/m1/s1. The van der Waals surface area contributed by atoms with Crippen molar-refractivity contribution in [2.45, 2.75) is 50.5 Å². The van der Waals surface area contributed by atoms with Gasteiger partial charge in [0.05, 0.1) is 24.6 Å². The molecule has 2 heterocycles. The molecule has 1 unspecified atom stereocenters. The lowest BCUT2D eigenvalue weighted by Gasteiger charge is -2.33. The number of ketones is 1. The number of halogens is 3. The molecule has 0 bridgehead atoms. The number of alkyl halides is 3. The summed E-state index contributed by atoms with van der Waals surface area (Å²) in [6.45, 7) is 4.67. The van der Waals surface area contributed by atoms with Crippen LogP contribution in [-0.4, -0.2) is 60.1 Å². The smallest absolute Gasteiger partial charge is 0.422 e. The number of hydrogen-bond donors (Lipinski definition) is 3. The minimum absolute atomic E-state index is 0.00414. The molecule has 1 aliphatic heterocycles. The molecule has 0 amide bonds. The van der Waals surface area contributed by atoms with Gasteiger partial charge in [-0.1, -0.05) is 29.8 Å². The van der Waals surface area contributed by atoms with Crippen molar-refractivity contribution in [3.8, 4) is 22.8 Å². The van der Waals surface area contributed by atoms with E-state index >= 15 is 0 Å². The molecule has 0 saturated carbocycles. The topological polar surface area (TPSA) is 101 Å². The van der Waals surface area contributed by atoms with Crippen LogP contribution in [0.25, 0.3) is 11.3 Å². The first-order valence-corrected chi connectivity index (χ1v) is 13.0. The van der Waals surface area contributed by atoms with Gasteiger partial charge in [0, 0.05) is 36.6 Å². The molecule has 2 atom stereocenters. The Labute approximate surface area is 231 Å². The Hall–Kier alpha value is -3.47. The maximum atomic E-state index is 14.5. The number of carbonyl (C=O) groups excluding carboxylic acids is 1. The highest BCUT2D eigenvalue weighted by Gasteiger charge is 2.56. The molecule has 2 aromatic carbocycles. The molecular weight excluding hydrogens is 525 g/mol. The molecule has 7 nitrogen and oxygen atoms in total. The van der Waals surface area contributed by atoms with E-state index in [1.54, 1.807) is 25.1 Å². The first kappa shape index (κ1) is 29.5. The second kappa shape index (κ2) is 12.0. The number of nitrogens with one attached hydrogen (secondary N) is 1. The summed E-state index contributed by atoms with van der Waals surface area (Å²) in [6.07, 6.45) is -7.32. The number of carbonyl (C=O) groups is 1. The zero-order chi connectivity index (χ0) is 29.1. The molecular formula is C30H33F3N2O5. The number of pyridine rings is 1. The molecule has 0 spiro atoms. The van der Waals surface area contributed by atoms with Gasteiger partial charge in [0.25, 0.3) is 0 Å². The van der Waals surface area contributed by atoms with Crippen LogP contribution in [0.1, 0.15) is 52.9 Å². The Bertz CT molecular complexity index is 1340. The Morgan fingerprint density at radius 3 is 2.38 bits per heavy atom. The summed E-state index contributed by atoms with van der Waals surface area (Å²) in [5.74, 6) is -0.140. The van der Waals surface area contributed by atoms with Crippen molar-refractivity contribution in [3.05, 3.63) is 77.0 Å². The summed E-state index contributed by atoms with van der Waals surface area (Å²) in [7, 11) is 1.36. The lowest BCUT2D eigenvalue weighted by molar-refractivity contribution is -0.270. The largest absolute Gasteiger partial charge is 0.493 e. The number of Topliss-reactive ketones (excluding diaryl/α,β-unsaturated/α-hetero) is 1. The fourth-order valence-electron chi connectivity index (χ4n) is 4.42. The highest BCUT2D eigenvalue weighted by atomic mass is 19.4. The van der Waals surface area contributed by atoms with Crippen LogP contribution in [0.2, 0.25) is 0 Å². The van der Waals surface area contributed by atoms with E-state index in [0.29, 0.717) is 29.9 Å². The highest BCUT2D eigenvalue weighted by molar-refractivity contribution is 5.96. The van der Waals surface area contributed by atoms with Gasteiger partial charge in [-0.15, -0.1) is 0 Å². The van der Waals surface area contributed by atoms with E-state index in [1.807, 2.05) is 19.1 Å². The molecule has 4 rings (SSSR count).